The average Bonchev–Trinajstić information content (AvgIpc) is 3.07. The van der Waals surface area contributed by atoms with Crippen LogP contribution >= 0.6 is 0 Å². The topological polar surface area (TPSA) is 20.2 Å². The summed E-state index contributed by atoms with van der Waals surface area (Å²) in [6.07, 6.45) is 5.51. The number of hydrogen-bond donors (Lipinski definition) is 1. The zero-order chi connectivity index (χ0) is 16.5. The van der Waals surface area contributed by atoms with Crippen LogP contribution in [0.5, 0.6) is 0 Å². The normalized spacial score (nSPS) is 13.9. The van der Waals surface area contributed by atoms with Crippen molar-refractivity contribution in [3.63, 3.8) is 0 Å². The standard InChI is InChI=1S/C23H20O/c1-16-10-11-18(14-16)22-13-12-17-6-2-4-8-20(17)23(22)21-9-5-3-7-19(21)15-24/h2-10,12-14,24H,11,15H2,1H3. The Labute approximate surface area is 142 Å². The second-order valence-electron chi connectivity index (χ2n) is 6.35. The molecule has 1 N–H and O–H groups in total. The van der Waals surface area contributed by atoms with E-state index in [1.807, 2.05) is 18.2 Å². The molecule has 3 aromatic carbocycles. The van der Waals surface area contributed by atoms with E-state index in [0.29, 0.717) is 0 Å². The molecule has 0 fully saturated rings. The molecular formula is C23H20O. The third-order valence-electron chi connectivity index (χ3n) is 4.78. The van der Waals surface area contributed by atoms with E-state index in [2.05, 4.69) is 61.5 Å². The van der Waals surface area contributed by atoms with E-state index in [4.69, 9.17) is 0 Å². The third kappa shape index (κ3) is 2.47. The number of rotatable bonds is 3. The molecule has 1 nitrogen and oxygen atoms in total. The number of aliphatic hydroxyl groups excluding tert-OH is 1. The van der Waals surface area contributed by atoms with Gasteiger partial charge in [-0.2, -0.15) is 0 Å². The molecule has 4 rings (SSSR count). The highest BCUT2D eigenvalue weighted by atomic mass is 16.3. The predicted octanol–water partition coefficient (Wildman–Crippen LogP) is 5.73. The summed E-state index contributed by atoms with van der Waals surface area (Å²) in [6, 6.07) is 21.1. The molecule has 0 saturated carbocycles. The molecule has 0 aliphatic heterocycles. The first-order valence-corrected chi connectivity index (χ1v) is 8.36. The summed E-state index contributed by atoms with van der Waals surface area (Å²) in [7, 11) is 0. The van der Waals surface area contributed by atoms with Gasteiger partial charge in [0.1, 0.15) is 0 Å². The summed E-state index contributed by atoms with van der Waals surface area (Å²) >= 11 is 0. The molecule has 1 aliphatic rings. The van der Waals surface area contributed by atoms with Crippen LogP contribution in [0.3, 0.4) is 0 Å². The van der Waals surface area contributed by atoms with Crippen molar-refractivity contribution < 1.29 is 5.11 Å². The van der Waals surface area contributed by atoms with Crippen LogP contribution in [0, 0.1) is 0 Å². The number of allylic oxidation sites excluding steroid dienone is 4. The van der Waals surface area contributed by atoms with Crippen molar-refractivity contribution in [1.29, 1.82) is 0 Å². The van der Waals surface area contributed by atoms with Crippen LogP contribution in [0.25, 0.3) is 27.5 Å². The number of hydrogen-bond acceptors (Lipinski definition) is 1. The van der Waals surface area contributed by atoms with Crippen molar-refractivity contribution >= 4 is 16.3 Å². The van der Waals surface area contributed by atoms with Gasteiger partial charge in [-0.15, -0.1) is 0 Å². The van der Waals surface area contributed by atoms with Gasteiger partial charge in [-0.25, -0.2) is 0 Å². The van der Waals surface area contributed by atoms with Crippen LogP contribution in [0.15, 0.2) is 78.4 Å². The van der Waals surface area contributed by atoms with Crippen LogP contribution in [-0.2, 0) is 6.61 Å². The summed E-state index contributed by atoms with van der Waals surface area (Å²) in [5.74, 6) is 0. The maximum Gasteiger partial charge on any atom is 0.0687 e. The van der Waals surface area contributed by atoms with Gasteiger partial charge in [-0.1, -0.05) is 78.4 Å². The average molecular weight is 312 g/mol. The molecule has 0 spiro atoms. The van der Waals surface area contributed by atoms with Crippen molar-refractivity contribution in [1.82, 2.24) is 0 Å². The Morgan fingerprint density at radius 2 is 1.67 bits per heavy atom. The van der Waals surface area contributed by atoms with Crippen molar-refractivity contribution in [3.05, 3.63) is 89.5 Å². The number of aliphatic hydroxyl groups is 1. The van der Waals surface area contributed by atoms with Crippen molar-refractivity contribution in [2.45, 2.75) is 20.0 Å². The molecule has 1 heteroatoms. The minimum absolute atomic E-state index is 0.0508. The van der Waals surface area contributed by atoms with Gasteiger partial charge in [-0.3, -0.25) is 0 Å². The molecule has 0 atom stereocenters. The van der Waals surface area contributed by atoms with E-state index in [1.54, 1.807) is 0 Å². The molecule has 0 radical (unpaired) electrons. The van der Waals surface area contributed by atoms with Crippen molar-refractivity contribution in [2.24, 2.45) is 0 Å². The van der Waals surface area contributed by atoms with Crippen LogP contribution < -0.4 is 0 Å². The first-order chi connectivity index (χ1) is 11.8. The van der Waals surface area contributed by atoms with Gasteiger partial charge < -0.3 is 5.11 Å². The van der Waals surface area contributed by atoms with Gasteiger partial charge in [0.2, 0.25) is 0 Å². The van der Waals surface area contributed by atoms with Gasteiger partial charge in [-0.05, 0) is 51.9 Å². The van der Waals surface area contributed by atoms with E-state index >= 15 is 0 Å². The van der Waals surface area contributed by atoms with Crippen LogP contribution in [-0.4, -0.2) is 5.11 Å². The Kier molecular flexibility index (Phi) is 3.79. The molecule has 0 amide bonds. The summed E-state index contributed by atoms with van der Waals surface area (Å²) < 4.78 is 0. The molecule has 1 aliphatic carbocycles. The molecule has 0 unspecified atom stereocenters. The van der Waals surface area contributed by atoms with Gasteiger partial charge in [0.05, 0.1) is 6.61 Å². The smallest absolute Gasteiger partial charge is 0.0687 e. The van der Waals surface area contributed by atoms with E-state index in [1.165, 1.54) is 33.0 Å². The number of benzene rings is 3. The van der Waals surface area contributed by atoms with E-state index in [0.717, 1.165) is 17.5 Å². The number of fused-ring (bicyclic) bond motifs is 1. The van der Waals surface area contributed by atoms with Gasteiger partial charge >= 0.3 is 0 Å². The summed E-state index contributed by atoms with van der Waals surface area (Å²) in [5.41, 5.74) is 7.26. The Hall–Kier alpha value is -2.64. The Morgan fingerprint density at radius 3 is 2.46 bits per heavy atom. The van der Waals surface area contributed by atoms with Crippen molar-refractivity contribution in [3.8, 4) is 11.1 Å². The second kappa shape index (κ2) is 6.10. The second-order valence-corrected chi connectivity index (χ2v) is 6.35. The summed E-state index contributed by atoms with van der Waals surface area (Å²) in [6.45, 7) is 2.20. The Bertz CT molecular complexity index is 976. The van der Waals surface area contributed by atoms with Crippen molar-refractivity contribution in [2.75, 3.05) is 0 Å². The SMILES string of the molecule is CC1=CCC(c2ccc3ccccc3c2-c2ccccc2CO)=C1. The zero-order valence-corrected chi connectivity index (χ0v) is 13.8. The quantitative estimate of drug-likeness (QED) is 0.654. The third-order valence-corrected chi connectivity index (χ3v) is 4.78. The fourth-order valence-electron chi connectivity index (χ4n) is 3.58. The van der Waals surface area contributed by atoms with Gasteiger partial charge in [0, 0.05) is 0 Å². The largest absolute Gasteiger partial charge is 0.392 e. The highest BCUT2D eigenvalue weighted by Crippen LogP contribution is 2.40. The Morgan fingerprint density at radius 1 is 0.875 bits per heavy atom. The molecule has 118 valence electrons. The lowest BCUT2D eigenvalue weighted by atomic mass is 9.87. The summed E-state index contributed by atoms with van der Waals surface area (Å²) in [5, 5.41) is 12.3. The molecule has 0 aromatic heterocycles. The molecule has 0 heterocycles. The van der Waals surface area contributed by atoms with E-state index in [-0.39, 0.29) is 6.61 Å². The van der Waals surface area contributed by atoms with Crippen LogP contribution in [0.4, 0.5) is 0 Å². The molecule has 3 aromatic rings. The van der Waals surface area contributed by atoms with E-state index in [9.17, 15) is 5.11 Å². The minimum Gasteiger partial charge on any atom is -0.392 e. The van der Waals surface area contributed by atoms with Crippen LogP contribution in [0.1, 0.15) is 24.5 Å². The predicted molar refractivity (Wildman–Crippen MR) is 102 cm³/mol. The first kappa shape index (κ1) is 14.9. The first-order valence-electron chi connectivity index (χ1n) is 8.36. The van der Waals surface area contributed by atoms with Gasteiger partial charge in [0.15, 0.2) is 0 Å². The van der Waals surface area contributed by atoms with E-state index < -0.39 is 0 Å². The highest BCUT2D eigenvalue weighted by molar-refractivity contribution is 6.03. The zero-order valence-electron chi connectivity index (χ0n) is 13.8. The lowest BCUT2D eigenvalue weighted by Crippen LogP contribution is -1.95. The summed E-state index contributed by atoms with van der Waals surface area (Å²) in [4.78, 5) is 0. The maximum absolute atomic E-state index is 9.83. The lowest BCUT2D eigenvalue weighted by molar-refractivity contribution is 0.282. The van der Waals surface area contributed by atoms with Crippen LogP contribution in [0.2, 0.25) is 0 Å². The lowest BCUT2D eigenvalue weighted by Gasteiger charge is -2.17. The fourth-order valence-corrected chi connectivity index (χ4v) is 3.58. The fraction of sp³-hybridized carbons (Fsp3) is 0.130. The molecular weight excluding hydrogens is 292 g/mol. The minimum atomic E-state index is 0.0508. The molecule has 24 heavy (non-hydrogen) atoms. The Balaban J connectivity index is 2.06. The van der Waals surface area contributed by atoms with Gasteiger partial charge in [0.25, 0.3) is 0 Å². The molecule has 0 saturated heterocycles. The molecule has 0 bridgehead atoms. The monoisotopic (exact) mass is 312 g/mol. The highest BCUT2D eigenvalue weighted by Gasteiger charge is 2.16. The maximum atomic E-state index is 9.83.